The number of carboxylic acid groups (broad SMARTS) is 1. The van der Waals surface area contributed by atoms with Gasteiger partial charge in [-0.25, -0.2) is 4.79 Å². The van der Waals surface area contributed by atoms with Crippen LogP contribution < -0.4 is 4.74 Å². The molecule has 0 aromatic heterocycles. The van der Waals surface area contributed by atoms with Crippen molar-refractivity contribution in [3.63, 3.8) is 0 Å². The van der Waals surface area contributed by atoms with Crippen molar-refractivity contribution in [2.45, 2.75) is 45.4 Å². The molecule has 1 rings (SSSR count). The van der Waals surface area contributed by atoms with Crippen LogP contribution in [0.3, 0.4) is 0 Å². The van der Waals surface area contributed by atoms with Crippen molar-refractivity contribution in [2.24, 2.45) is 5.34 Å². The molecular formula is C18H27NO5. The summed E-state index contributed by atoms with van der Waals surface area (Å²) < 4.78 is 4.95. The highest BCUT2D eigenvalue weighted by Gasteiger charge is 1.91. The van der Waals surface area contributed by atoms with Crippen LogP contribution >= 0.6 is 0 Å². The Kier molecular flexibility index (Phi) is 14.0. The summed E-state index contributed by atoms with van der Waals surface area (Å²) >= 11 is 0. The van der Waals surface area contributed by atoms with Gasteiger partial charge in [-0.2, -0.15) is 0 Å². The Bertz CT molecular complexity index is 471. The molecule has 134 valence electrons. The molecule has 0 spiro atoms. The zero-order valence-electron chi connectivity index (χ0n) is 14.4. The van der Waals surface area contributed by atoms with Crippen molar-refractivity contribution >= 4 is 12.0 Å². The number of hydrogen-bond acceptors (Lipinski definition) is 5. The van der Waals surface area contributed by atoms with Crippen molar-refractivity contribution < 1.29 is 19.5 Å². The van der Waals surface area contributed by atoms with E-state index >= 15 is 0 Å². The number of carboxylic acids is 1. The summed E-state index contributed by atoms with van der Waals surface area (Å²) in [7, 11) is 1.59. The Morgan fingerprint density at radius 3 is 2.29 bits per heavy atom. The minimum Gasteiger partial charge on any atom is -0.497 e. The molecule has 0 atom stereocenters. The predicted octanol–water partition coefficient (Wildman–Crippen LogP) is 4.84. The Labute approximate surface area is 143 Å². The van der Waals surface area contributed by atoms with Crippen LogP contribution in [-0.2, 0) is 9.63 Å². The molecule has 24 heavy (non-hydrogen) atoms. The maximum Gasteiger partial charge on any atom is 0.328 e. The lowest BCUT2D eigenvalue weighted by Gasteiger charge is -1.98. The molecule has 0 unspecified atom stereocenters. The molecule has 6 nitrogen and oxygen atoms in total. The third kappa shape index (κ3) is 13.3. The average Bonchev–Trinajstić information content (AvgIpc) is 2.60. The number of aliphatic carboxylic acids is 1. The number of benzene rings is 1. The second-order valence-corrected chi connectivity index (χ2v) is 5.12. The Hall–Kier alpha value is -2.37. The van der Waals surface area contributed by atoms with E-state index in [4.69, 9.17) is 9.84 Å². The van der Waals surface area contributed by atoms with Crippen molar-refractivity contribution in [1.82, 2.24) is 0 Å². The number of unbranched alkanes of at least 4 members (excludes halogenated alkanes) is 5. The van der Waals surface area contributed by atoms with Crippen LogP contribution in [-0.4, -0.2) is 24.8 Å². The van der Waals surface area contributed by atoms with Crippen LogP contribution in [0.1, 0.15) is 51.0 Å². The maximum atomic E-state index is 10.2. The quantitative estimate of drug-likeness (QED) is 0.270. The van der Waals surface area contributed by atoms with Crippen LogP contribution in [0.4, 0.5) is 0 Å². The molecule has 0 bridgehead atoms. The van der Waals surface area contributed by atoms with Gasteiger partial charge in [-0.05, 0) is 36.6 Å². The van der Waals surface area contributed by atoms with Gasteiger partial charge in [0.2, 0.25) is 0 Å². The van der Waals surface area contributed by atoms with Crippen LogP contribution in [0.15, 0.2) is 35.7 Å². The fourth-order valence-corrected chi connectivity index (χ4v) is 1.87. The summed E-state index contributed by atoms with van der Waals surface area (Å²) in [5.74, 6) is -0.191. The summed E-state index contributed by atoms with van der Waals surface area (Å²) in [6, 6.07) is 7.14. The fourth-order valence-electron chi connectivity index (χ4n) is 1.87. The maximum absolute atomic E-state index is 10.2. The molecule has 1 N–H and O–H groups in total. The normalized spacial score (nSPS) is 9.92. The van der Waals surface area contributed by atoms with Gasteiger partial charge in [-0.1, -0.05) is 44.7 Å². The first-order chi connectivity index (χ1) is 11.6. The number of nitrogens with zero attached hydrogens (tertiary/aromatic N) is 1. The summed E-state index contributed by atoms with van der Waals surface area (Å²) in [5.41, 5.74) is 0.836. The van der Waals surface area contributed by atoms with E-state index < -0.39 is 5.97 Å². The molecule has 1 aromatic rings. The van der Waals surface area contributed by atoms with Gasteiger partial charge in [0, 0.05) is 6.08 Å². The SMILES string of the molecule is CCCCCCCCON=O.COc1ccc(C=CC(=O)O)cc1. The number of methoxy groups -OCH3 is 1. The molecule has 0 radical (unpaired) electrons. The van der Waals surface area contributed by atoms with Crippen LogP contribution in [0.5, 0.6) is 5.75 Å². The molecule has 0 aliphatic carbocycles. The van der Waals surface area contributed by atoms with Gasteiger partial charge in [0.25, 0.3) is 0 Å². The molecule has 0 heterocycles. The second kappa shape index (κ2) is 15.5. The second-order valence-electron chi connectivity index (χ2n) is 5.12. The highest BCUT2D eigenvalue weighted by molar-refractivity contribution is 5.85. The van der Waals surface area contributed by atoms with Crippen LogP contribution in [0, 0.1) is 4.91 Å². The zero-order valence-corrected chi connectivity index (χ0v) is 14.4. The minimum atomic E-state index is -0.948. The Morgan fingerprint density at radius 2 is 1.75 bits per heavy atom. The first kappa shape index (κ1) is 21.6. The van der Waals surface area contributed by atoms with E-state index in [9.17, 15) is 9.70 Å². The highest BCUT2D eigenvalue weighted by Crippen LogP contribution is 2.12. The van der Waals surface area contributed by atoms with Crippen molar-refractivity contribution in [3.05, 3.63) is 40.8 Å². The molecule has 0 amide bonds. The van der Waals surface area contributed by atoms with Crippen LogP contribution in [0.25, 0.3) is 6.08 Å². The van der Waals surface area contributed by atoms with Crippen LogP contribution in [0.2, 0.25) is 0 Å². The predicted molar refractivity (Wildman–Crippen MR) is 94.8 cm³/mol. The molecular weight excluding hydrogens is 310 g/mol. The third-order valence-corrected chi connectivity index (χ3v) is 3.18. The summed E-state index contributed by atoms with van der Waals surface area (Å²) in [4.78, 5) is 24.0. The van der Waals surface area contributed by atoms with Gasteiger partial charge in [0.1, 0.15) is 12.4 Å². The van der Waals surface area contributed by atoms with E-state index in [1.165, 1.54) is 31.8 Å². The molecule has 0 fully saturated rings. The van der Waals surface area contributed by atoms with Gasteiger partial charge >= 0.3 is 5.97 Å². The van der Waals surface area contributed by atoms with E-state index in [1.807, 2.05) is 0 Å². The first-order valence-corrected chi connectivity index (χ1v) is 8.13. The first-order valence-electron chi connectivity index (χ1n) is 8.13. The number of carbonyl (C=O) groups is 1. The van der Waals surface area contributed by atoms with E-state index in [1.54, 1.807) is 31.4 Å². The molecule has 0 saturated heterocycles. The zero-order chi connectivity index (χ0) is 18.0. The third-order valence-electron chi connectivity index (χ3n) is 3.18. The standard InChI is InChI=1S/C10H10O3.C8H17NO2/c1-13-9-5-2-8(3-6-9)4-7-10(11)12;1-2-3-4-5-6-7-8-11-9-10/h2-7H,1H3,(H,11,12);2-8H2,1H3. The summed E-state index contributed by atoms with van der Waals surface area (Å²) in [5, 5.41) is 10.7. The van der Waals surface area contributed by atoms with Crippen molar-refractivity contribution in [1.29, 1.82) is 0 Å². The fraction of sp³-hybridized carbons (Fsp3) is 0.500. The lowest BCUT2D eigenvalue weighted by atomic mass is 10.1. The Morgan fingerprint density at radius 1 is 1.12 bits per heavy atom. The van der Waals surface area contributed by atoms with E-state index in [0.29, 0.717) is 6.61 Å². The lowest BCUT2D eigenvalue weighted by molar-refractivity contribution is -0.131. The molecule has 0 aliphatic heterocycles. The topological polar surface area (TPSA) is 85.2 Å². The number of ether oxygens (including phenoxy) is 1. The van der Waals surface area contributed by atoms with Gasteiger partial charge in [0.15, 0.2) is 5.34 Å². The highest BCUT2D eigenvalue weighted by atomic mass is 16.7. The monoisotopic (exact) mass is 337 g/mol. The Balaban J connectivity index is 0.000000449. The van der Waals surface area contributed by atoms with Gasteiger partial charge in [-0.3, -0.25) is 0 Å². The number of rotatable bonds is 11. The molecule has 0 aliphatic rings. The van der Waals surface area contributed by atoms with E-state index in [-0.39, 0.29) is 0 Å². The van der Waals surface area contributed by atoms with Gasteiger partial charge in [-0.15, -0.1) is 4.91 Å². The average molecular weight is 337 g/mol. The van der Waals surface area contributed by atoms with E-state index in [0.717, 1.165) is 30.2 Å². The van der Waals surface area contributed by atoms with Crippen molar-refractivity contribution in [3.8, 4) is 5.75 Å². The largest absolute Gasteiger partial charge is 0.497 e. The van der Waals surface area contributed by atoms with E-state index in [2.05, 4.69) is 17.1 Å². The molecule has 1 aromatic carbocycles. The summed E-state index contributed by atoms with van der Waals surface area (Å²) in [6.07, 6.45) is 9.86. The lowest BCUT2D eigenvalue weighted by Crippen LogP contribution is -1.86. The number of hydrogen-bond donors (Lipinski definition) is 1. The smallest absolute Gasteiger partial charge is 0.328 e. The van der Waals surface area contributed by atoms with Crippen molar-refractivity contribution in [2.75, 3.05) is 13.7 Å². The molecule has 6 heteroatoms. The minimum absolute atomic E-state index is 0.482. The van der Waals surface area contributed by atoms with Gasteiger partial charge < -0.3 is 14.7 Å². The summed E-state index contributed by atoms with van der Waals surface area (Å²) in [6.45, 7) is 2.68. The molecule has 0 saturated carbocycles. The van der Waals surface area contributed by atoms with Gasteiger partial charge in [0.05, 0.1) is 7.11 Å².